The Hall–Kier alpha value is -2.63. The van der Waals surface area contributed by atoms with Crippen molar-refractivity contribution in [2.75, 3.05) is 37.9 Å². The summed E-state index contributed by atoms with van der Waals surface area (Å²) in [6, 6.07) is 7.21. The molecule has 0 amide bonds. The Kier molecular flexibility index (Phi) is 12.2. The number of aromatic nitrogens is 2. The summed E-state index contributed by atoms with van der Waals surface area (Å²) in [6.45, 7) is 10.6. The molecule has 0 fully saturated rings. The van der Waals surface area contributed by atoms with Crippen molar-refractivity contribution in [2.24, 2.45) is 4.99 Å². The zero-order valence-corrected chi connectivity index (χ0v) is 18.0. The second-order valence-corrected chi connectivity index (χ2v) is 5.45. The van der Waals surface area contributed by atoms with E-state index in [1.165, 1.54) is 0 Å². The van der Waals surface area contributed by atoms with Gasteiger partial charge in [-0.25, -0.2) is 9.97 Å². The molecule has 0 atom stereocenters. The maximum Gasteiger partial charge on any atom is 0.155 e. The Morgan fingerprint density at radius 3 is 2.19 bits per heavy atom. The first-order valence-corrected chi connectivity index (χ1v) is 9.52. The molecule has 0 unspecified atom stereocenters. The maximum absolute atomic E-state index is 9.29. The van der Waals surface area contributed by atoms with Gasteiger partial charge in [0, 0.05) is 27.7 Å². The van der Waals surface area contributed by atoms with Crippen LogP contribution in [0.2, 0.25) is 0 Å². The molecule has 6 heteroatoms. The van der Waals surface area contributed by atoms with Gasteiger partial charge in [0.25, 0.3) is 0 Å². The van der Waals surface area contributed by atoms with Crippen LogP contribution in [-0.2, 0) is 6.42 Å². The van der Waals surface area contributed by atoms with Gasteiger partial charge in [-0.2, -0.15) is 0 Å². The molecule has 0 aliphatic heterocycles. The van der Waals surface area contributed by atoms with Crippen LogP contribution >= 0.6 is 0 Å². The van der Waals surface area contributed by atoms with E-state index < -0.39 is 0 Å². The van der Waals surface area contributed by atoms with E-state index >= 15 is 0 Å². The average Bonchev–Trinajstić information content (AvgIpc) is 2.71. The van der Waals surface area contributed by atoms with Crippen LogP contribution in [0.5, 0.6) is 5.75 Å². The van der Waals surface area contributed by atoms with E-state index in [2.05, 4.69) is 20.3 Å². The molecule has 0 radical (unpaired) electrons. The number of nitrogens with one attached hydrogen (secondary N) is 1. The monoisotopic (exact) mass is 373 g/mol. The smallest absolute Gasteiger partial charge is 0.155 e. The van der Waals surface area contributed by atoms with Gasteiger partial charge in [0.2, 0.25) is 0 Å². The summed E-state index contributed by atoms with van der Waals surface area (Å²) in [4.78, 5) is 15.2. The molecule has 1 aromatic heterocycles. The second kappa shape index (κ2) is 13.6. The van der Waals surface area contributed by atoms with E-state index in [-0.39, 0.29) is 5.75 Å². The lowest BCUT2D eigenvalue weighted by Gasteiger charge is -2.17. The topological polar surface area (TPSA) is 73.6 Å². The molecular formula is C21H35N5O. The Bertz CT molecular complexity index is 681. The number of hydrogen-bond donors (Lipinski definition) is 2. The summed E-state index contributed by atoms with van der Waals surface area (Å²) < 4.78 is 0. The fourth-order valence-electron chi connectivity index (χ4n) is 2.31. The minimum absolute atomic E-state index is 0.282. The minimum Gasteiger partial charge on any atom is -0.508 e. The zero-order valence-electron chi connectivity index (χ0n) is 18.0. The average molecular weight is 374 g/mol. The van der Waals surface area contributed by atoms with E-state index in [1.54, 1.807) is 18.5 Å². The minimum atomic E-state index is 0.282. The van der Waals surface area contributed by atoms with Crippen molar-refractivity contribution in [1.29, 1.82) is 0 Å². The Morgan fingerprint density at radius 2 is 1.67 bits per heavy atom. The molecule has 1 heterocycles. The predicted octanol–water partition coefficient (Wildman–Crippen LogP) is 4.39. The molecule has 0 aliphatic carbocycles. The number of aromatic hydroxyl groups is 1. The fraction of sp³-hybridized carbons (Fsp3) is 0.476. The molecule has 150 valence electrons. The van der Waals surface area contributed by atoms with Crippen molar-refractivity contribution in [1.82, 2.24) is 9.97 Å². The quantitative estimate of drug-likeness (QED) is 0.735. The fourth-order valence-corrected chi connectivity index (χ4v) is 2.31. The number of rotatable bonds is 6. The second-order valence-electron chi connectivity index (χ2n) is 5.45. The molecule has 2 N–H and O–H groups in total. The number of benzene rings is 1. The van der Waals surface area contributed by atoms with E-state index in [4.69, 9.17) is 0 Å². The molecule has 0 aliphatic rings. The van der Waals surface area contributed by atoms with E-state index in [0.29, 0.717) is 6.54 Å². The summed E-state index contributed by atoms with van der Waals surface area (Å²) in [5.74, 6) is 1.12. The molecule has 0 saturated heterocycles. The van der Waals surface area contributed by atoms with Crippen molar-refractivity contribution in [2.45, 2.75) is 41.0 Å². The van der Waals surface area contributed by atoms with Crippen LogP contribution in [-0.4, -0.2) is 48.5 Å². The van der Waals surface area contributed by atoms with Gasteiger partial charge >= 0.3 is 0 Å². The third kappa shape index (κ3) is 7.64. The van der Waals surface area contributed by atoms with Gasteiger partial charge in [-0.05, 0) is 31.0 Å². The molecule has 0 spiro atoms. The van der Waals surface area contributed by atoms with Crippen LogP contribution in [0, 0.1) is 0 Å². The lowest BCUT2D eigenvalue weighted by Crippen LogP contribution is -2.16. The predicted molar refractivity (Wildman–Crippen MR) is 117 cm³/mol. The van der Waals surface area contributed by atoms with Crippen LogP contribution in [0.15, 0.2) is 35.6 Å². The molecule has 1 aromatic carbocycles. The summed E-state index contributed by atoms with van der Waals surface area (Å²) in [5.41, 5.74) is 3.71. The van der Waals surface area contributed by atoms with Crippen molar-refractivity contribution in [3.63, 3.8) is 0 Å². The van der Waals surface area contributed by atoms with Gasteiger partial charge in [0.1, 0.15) is 23.5 Å². The zero-order chi connectivity index (χ0) is 20.8. The molecular weight excluding hydrogens is 338 g/mol. The summed E-state index contributed by atoms with van der Waals surface area (Å²) in [6.07, 6.45) is 2.38. The number of anilines is 2. The van der Waals surface area contributed by atoms with Crippen LogP contribution in [0.4, 0.5) is 11.5 Å². The van der Waals surface area contributed by atoms with Crippen molar-refractivity contribution in [3.8, 4) is 5.75 Å². The first kappa shape index (κ1) is 24.4. The first-order chi connectivity index (χ1) is 13.0. The van der Waals surface area contributed by atoms with E-state index in [1.807, 2.05) is 72.8 Å². The number of phenolic OH excluding ortho intramolecular Hbond substituents is 1. The number of nitrogens with zero attached hydrogens (tertiary/aromatic N) is 4. The molecule has 0 saturated carbocycles. The third-order valence-electron chi connectivity index (χ3n) is 3.53. The number of phenols is 1. The number of aliphatic imine (C=N–C) groups is 1. The number of hydrogen-bond acceptors (Lipinski definition) is 6. The highest BCUT2D eigenvalue weighted by atomic mass is 16.3. The highest BCUT2D eigenvalue weighted by Crippen LogP contribution is 2.24. The highest BCUT2D eigenvalue weighted by Gasteiger charge is 2.13. The molecule has 2 aromatic rings. The molecule has 27 heavy (non-hydrogen) atoms. The van der Waals surface area contributed by atoms with Crippen molar-refractivity contribution >= 4 is 17.2 Å². The summed E-state index contributed by atoms with van der Waals surface area (Å²) >= 11 is 0. The highest BCUT2D eigenvalue weighted by molar-refractivity contribution is 6.03. The molecule has 0 bridgehead atoms. The van der Waals surface area contributed by atoms with Crippen LogP contribution < -0.4 is 10.2 Å². The standard InChI is InChI=1S/C17H23N5O.2C2H6/c1-12(19-10-9-13-5-7-14(23)8-6-13)15-16(18-2)17(22(3)4)21-11-20-15;2*1-2/h5-8,11,18,23H,9-10H2,1-4H3;2*1-2H3. The van der Waals surface area contributed by atoms with Crippen LogP contribution in [0.3, 0.4) is 0 Å². The van der Waals surface area contributed by atoms with Gasteiger partial charge in [0.05, 0.1) is 5.71 Å². The van der Waals surface area contributed by atoms with Gasteiger partial charge in [-0.1, -0.05) is 39.8 Å². The lowest BCUT2D eigenvalue weighted by atomic mass is 10.1. The van der Waals surface area contributed by atoms with Crippen LogP contribution in [0.25, 0.3) is 0 Å². The van der Waals surface area contributed by atoms with Gasteiger partial charge < -0.3 is 15.3 Å². The van der Waals surface area contributed by atoms with Gasteiger partial charge in [0.15, 0.2) is 5.82 Å². The Morgan fingerprint density at radius 1 is 1.07 bits per heavy atom. The first-order valence-electron chi connectivity index (χ1n) is 9.52. The molecule has 6 nitrogen and oxygen atoms in total. The largest absolute Gasteiger partial charge is 0.508 e. The lowest BCUT2D eigenvalue weighted by molar-refractivity contribution is 0.475. The summed E-state index contributed by atoms with van der Waals surface area (Å²) in [7, 11) is 5.76. The van der Waals surface area contributed by atoms with E-state index in [0.717, 1.165) is 34.9 Å². The van der Waals surface area contributed by atoms with Crippen LogP contribution in [0.1, 0.15) is 45.9 Å². The molecule has 2 rings (SSSR count). The summed E-state index contributed by atoms with van der Waals surface area (Å²) in [5, 5.41) is 12.5. The Balaban J connectivity index is 0.00000158. The van der Waals surface area contributed by atoms with Crippen molar-refractivity contribution in [3.05, 3.63) is 41.9 Å². The maximum atomic E-state index is 9.29. The van der Waals surface area contributed by atoms with Gasteiger partial charge in [-0.15, -0.1) is 0 Å². The Labute approximate surface area is 164 Å². The third-order valence-corrected chi connectivity index (χ3v) is 3.53. The SMILES string of the molecule is CC.CC.CNc1c(C(C)=NCCc2ccc(O)cc2)ncnc1N(C)C. The normalized spacial score (nSPS) is 10.1. The van der Waals surface area contributed by atoms with Gasteiger partial charge in [-0.3, -0.25) is 4.99 Å². The van der Waals surface area contributed by atoms with E-state index in [9.17, 15) is 5.11 Å². The van der Waals surface area contributed by atoms with Crippen molar-refractivity contribution < 1.29 is 5.11 Å².